The van der Waals surface area contributed by atoms with Crippen LogP contribution in [0, 0.1) is 11.3 Å². The number of hydrogen-bond acceptors (Lipinski definition) is 10. The number of rotatable bonds is 11. The Labute approximate surface area is 208 Å². The minimum atomic E-state index is -0.902. The number of carbonyl (C=O) groups excluding carboxylic acids is 1. The van der Waals surface area contributed by atoms with Gasteiger partial charge in [0.2, 0.25) is 5.95 Å². The monoisotopic (exact) mass is 490 g/mol. The number of ketones is 1. The average Bonchev–Trinajstić information content (AvgIpc) is 3.33. The van der Waals surface area contributed by atoms with Crippen molar-refractivity contribution in [1.82, 2.24) is 25.3 Å². The van der Waals surface area contributed by atoms with Crippen molar-refractivity contribution < 1.29 is 13.9 Å². The van der Waals surface area contributed by atoms with E-state index in [0.717, 1.165) is 0 Å². The van der Waals surface area contributed by atoms with Gasteiger partial charge in [-0.25, -0.2) is 19.3 Å². The lowest BCUT2D eigenvalue weighted by atomic mass is 10.1. The molecule has 0 aliphatic carbocycles. The maximum absolute atomic E-state index is 13.6. The van der Waals surface area contributed by atoms with Gasteiger partial charge in [-0.15, -0.1) is 0 Å². The van der Waals surface area contributed by atoms with Crippen molar-refractivity contribution in [1.29, 1.82) is 5.26 Å². The third kappa shape index (κ3) is 6.56. The minimum Gasteiger partial charge on any atom is -0.383 e. The fourth-order valence-corrected chi connectivity index (χ4v) is 3.82. The van der Waals surface area contributed by atoms with Crippen LogP contribution in [0.4, 0.5) is 21.8 Å². The number of nitrogens with one attached hydrogen (secondary N) is 2. The second-order valence-electron chi connectivity index (χ2n) is 8.35. The fraction of sp³-hybridized carbons (Fsp3) is 0.360. The van der Waals surface area contributed by atoms with Gasteiger partial charge >= 0.3 is 0 Å². The summed E-state index contributed by atoms with van der Waals surface area (Å²) < 4.78 is 18.5. The van der Waals surface area contributed by atoms with Gasteiger partial charge in [0, 0.05) is 43.9 Å². The molecule has 4 heterocycles. The smallest absolute Gasteiger partial charge is 0.227 e. The van der Waals surface area contributed by atoms with E-state index in [1.807, 2.05) is 6.07 Å². The van der Waals surface area contributed by atoms with Gasteiger partial charge in [0.05, 0.1) is 49.3 Å². The Morgan fingerprint density at radius 1 is 1.28 bits per heavy atom. The topological polar surface area (TPSA) is 129 Å². The first-order valence-corrected chi connectivity index (χ1v) is 11.6. The average molecular weight is 491 g/mol. The first kappa shape index (κ1) is 25.1. The molecular weight excluding hydrogens is 463 g/mol. The van der Waals surface area contributed by atoms with Gasteiger partial charge in [0.1, 0.15) is 18.1 Å². The molecule has 1 aliphatic rings. The maximum atomic E-state index is 13.6. The molecule has 11 heteroatoms. The van der Waals surface area contributed by atoms with Gasteiger partial charge in [-0.1, -0.05) is 0 Å². The summed E-state index contributed by atoms with van der Waals surface area (Å²) in [5, 5.41) is 15.7. The van der Waals surface area contributed by atoms with Crippen LogP contribution in [-0.2, 0) is 16.0 Å². The number of nitriles is 1. The van der Waals surface area contributed by atoms with Crippen LogP contribution in [0.1, 0.15) is 17.7 Å². The number of Topliss-reactive ketones (excluding diaryl/α,β-unsaturated/α-hetero) is 1. The number of halogens is 1. The summed E-state index contributed by atoms with van der Waals surface area (Å²) in [6.45, 7) is 2.22. The second kappa shape index (κ2) is 12.1. The third-order valence-electron chi connectivity index (χ3n) is 5.63. The van der Waals surface area contributed by atoms with Crippen molar-refractivity contribution >= 4 is 23.2 Å². The van der Waals surface area contributed by atoms with Crippen LogP contribution in [0.2, 0.25) is 0 Å². The summed E-state index contributed by atoms with van der Waals surface area (Å²) in [6.07, 6.45) is 4.63. The number of nitrogens with zero attached hydrogens (tertiary/aromatic N) is 6. The SMILES string of the molecule is COCCNCC(=O)Cc1ccc(Nc2nccc(-c3cnc(N4CC[C@H](F)C4)c(C#N)c3)n2)cn1. The number of ether oxygens (including phenoxy) is 1. The number of pyridine rings is 2. The Morgan fingerprint density at radius 3 is 2.89 bits per heavy atom. The molecule has 1 fully saturated rings. The zero-order valence-electron chi connectivity index (χ0n) is 19.9. The van der Waals surface area contributed by atoms with Crippen LogP contribution in [0.25, 0.3) is 11.3 Å². The lowest BCUT2D eigenvalue weighted by Gasteiger charge is -2.18. The molecule has 0 saturated carbocycles. The highest BCUT2D eigenvalue weighted by Gasteiger charge is 2.25. The molecule has 0 bridgehead atoms. The van der Waals surface area contributed by atoms with Crippen molar-refractivity contribution in [3.05, 3.63) is 54.1 Å². The summed E-state index contributed by atoms with van der Waals surface area (Å²) in [5.41, 5.74) is 2.95. The number of carbonyl (C=O) groups is 1. The molecule has 4 rings (SSSR count). The van der Waals surface area contributed by atoms with E-state index in [1.165, 1.54) is 0 Å². The normalized spacial score (nSPS) is 15.0. The van der Waals surface area contributed by atoms with Gasteiger partial charge in [0.15, 0.2) is 5.78 Å². The van der Waals surface area contributed by atoms with E-state index >= 15 is 0 Å². The fourth-order valence-electron chi connectivity index (χ4n) is 3.82. The number of anilines is 3. The molecule has 186 valence electrons. The Hall–Kier alpha value is -4.01. The molecule has 1 saturated heterocycles. The highest BCUT2D eigenvalue weighted by molar-refractivity contribution is 5.82. The predicted octanol–water partition coefficient (Wildman–Crippen LogP) is 2.44. The van der Waals surface area contributed by atoms with Gasteiger partial charge in [-0.3, -0.25) is 9.78 Å². The minimum absolute atomic E-state index is 0.0426. The van der Waals surface area contributed by atoms with Crippen LogP contribution < -0.4 is 15.5 Å². The van der Waals surface area contributed by atoms with Crippen LogP contribution in [0.15, 0.2) is 42.9 Å². The predicted molar refractivity (Wildman–Crippen MR) is 133 cm³/mol. The van der Waals surface area contributed by atoms with Crippen molar-refractivity contribution in [2.75, 3.05) is 50.1 Å². The first-order valence-electron chi connectivity index (χ1n) is 11.6. The van der Waals surface area contributed by atoms with E-state index in [1.54, 1.807) is 48.8 Å². The highest BCUT2D eigenvalue weighted by atomic mass is 19.1. The summed E-state index contributed by atoms with van der Waals surface area (Å²) in [4.78, 5) is 31.4. The zero-order chi connectivity index (χ0) is 25.3. The lowest BCUT2D eigenvalue weighted by molar-refractivity contribution is -0.117. The van der Waals surface area contributed by atoms with E-state index in [2.05, 4.69) is 36.6 Å². The summed E-state index contributed by atoms with van der Waals surface area (Å²) in [6, 6.07) is 9.18. The number of alkyl halides is 1. The van der Waals surface area contributed by atoms with E-state index in [0.29, 0.717) is 66.1 Å². The summed E-state index contributed by atoms with van der Waals surface area (Å²) in [5.74, 6) is 0.882. The standard InChI is InChI=1S/C25H27FN8O2/c1-36-9-7-28-15-22(35)11-20-2-3-21(14-30-20)32-25-29-6-4-23(33-25)18-10-17(12-27)24(31-13-18)34-8-5-19(26)16-34/h2-4,6,10,13-14,19,28H,5,7-9,11,15-16H2,1H3,(H,29,32,33)/t19-/m0/s1. The Morgan fingerprint density at radius 2 is 2.17 bits per heavy atom. The van der Waals surface area contributed by atoms with E-state index in [4.69, 9.17) is 4.74 Å². The molecule has 3 aromatic rings. The lowest BCUT2D eigenvalue weighted by Crippen LogP contribution is -2.27. The van der Waals surface area contributed by atoms with Crippen LogP contribution in [-0.4, -0.2) is 71.8 Å². The highest BCUT2D eigenvalue weighted by Crippen LogP contribution is 2.27. The van der Waals surface area contributed by atoms with E-state index in [9.17, 15) is 14.4 Å². The van der Waals surface area contributed by atoms with Crippen molar-refractivity contribution in [2.45, 2.75) is 19.0 Å². The zero-order valence-corrected chi connectivity index (χ0v) is 19.9. The van der Waals surface area contributed by atoms with Crippen LogP contribution in [0.5, 0.6) is 0 Å². The van der Waals surface area contributed by atoms with Crippen molar-refractivity contribution in [3.8, 4) is 17.3 Å². The molecule has 0 radical (unpaired) electrons. The molecule has 3 aromatic heterocycles. The van der Waals surface area contributed by atoms with Gasteiger partial charge < -0.3 is 20.3 Å². The summed E-state index contributed by atoms with van der Waals surface area (Å²) in [7, 11) is 1.61. The number of hydrogen-bond donors (Lipinski definition) is 2. The van der Waals surface area contributed by atoms with Crippen LogP contribution in [0.3, 0.4) is 0 Å². The Balaban J connectivity index is 1.40. The van der Waals surface area contributed by atoms with Crippen LogP contribution >= 0.6 is 0 Å². The van der Waals surface area contributed by atoms with Gasteiger partial charge in [-0.05, 0) is 30.7 Å². The van der Waals surface area contributed by atoms with Gasteiger partial charge in [0.25, 0.3) is 0 Å². The van der Waals surface area contributed by atoms with Gasteiger partial charge in [-0.2, -0.15) is 5.26 Å². The molecular formula is C25H27FN8O2. The second-order valence-corrected chi connectivity index (χ2v) is 8.35. The van der Waals surface area contributed by atoms with Crippen molar-refractivity contribution in [3.63, 3.8) is 0 Å². The molecule has 10 nitrogen and oxygen atoms in total. The first-order chi connectivity index (χ1) is 17.6. The quantitative estimate of drug-likeness (QED) is 0.387. The largest absolute Gasteiger partial charge is 0.383 e. The Bertz CT molecular complexity index is 1230. The van der Waals surface area contributed by atoms with Crippen molar-refractivity contribution in [2.24, 2.45) is 0 Å². The molecule has 0 amide bonds. The summed E-state index contributed by atoms with van der Waals surface area (Å²) >= 11 is 0. The van der Waals surface area contributed by atoms with E-state index < -0.39 is 6.17 Å². The molecule has 0 spiro atoms. The number of aromatic nitrogens is 4. The Kier molecular flexibility index (Phi) is 8.44. The molecule has 2 N–H and O–H groups in total. The maximum Gasteiger partial charge on any atom is 0.227 e. The third-order valence-corrected chi connectivity index (χ3v) is 5.63. The molecule has 0 unspecified atom stereocenters. The molecule has 1 atom stereocenters. The number of methoxy groups -OCH3 is 1. The molecule has 36 heavy (non-hydrogen) atoms. The molecule has 0 aromatic carbocycles. The van der Waals surface area contributed by atoms with E-state index in [-0.39, 0.29) is 25.3 Å². The molecule has 1 aliphatic heterocycles.